The van der Waals surface area contributed by atoms with Crippen molar-refractivity contribution in [3.63, 3.8) is 0 Å². The fraction of sp³-hybridized carbons (Fsp3) is 0.294. The molecule has 0 aliphatic rings. The van der Waals surface area contributed by atoms with E-state index >= 15 is 0 Å². The third kappa shape index (κ3) is 4.66. The zero-order chi connectivity index (χ0) is 13.3. The van der Waals surface area contributed by atoms with Crippen LogP contribution in [0.3, 0.4) is 0 Å². The first-order valence-electron chi connectivity index (χ1n) is 6.69. The quantitative estimate of drug-likeness (QED) is 0.689. The largest absolute Gasteiger partial charge is 0.494 e. The molecule has 2 aromatic carbocycles. The van der Waals surface area contributed by atoms with Gasteiger partial charge in [0, 0.05) is 6.07 Å². The molecule has 0 saturated heterocycles. The number of unbranched alkanes of at least 4 members (excludes halogenated alkanes) is 1. The zero-order valence-electron chi connectivity index (χ0n) is 11.3. The molecule has 0 aromatic heterocycles. The van der Waals surface area contributed by atoms with Gasteiger partial charge in [-0.2, -0.15) is 0 Å². The normalized spacial score (nSPS) is 10.2. The van der Waals surface area contributed by atoms with Crippen LogP contribution < -0.4 is 9.47 Å². The molecule has 2 rings (SSSR count). The van der Waals surface area contributed by atoms with E-state index in [0.717, 1.165) is 36.5 Å². The van der Waals surface area contributed by atoms with Gasteiger partial charge in [0.2, 0.25) is 0 Å². The van der Waals surface area contributed by atoms with E-state index in [1.54, 1.807) is 0 Å². The Balaban J connectivity index is 1.81. The Bertz CT molecular complexity index is 462. The predicted molar refractivity (Wildman–Crippen MR) is 76.5 cm³/mol. The summed E-state index contributed by atoms with van der Waals surface area (Å²) in [6.07, 6.45) is 2.24. The molecule has 0 heterocycles. The first-order valence-corrected chi connectivity index (χ1v) is 6.69. The summed E-state index contributed by atoms with van der Waals surface area (Å²) < 4.78 is 11.3. The van der Waals surface area contributed by atoms with Crippen LogP contribution in [0.1, 0.15) is 25.3 Å². The average molecular weight is 255 g/mol. The minimum Gasteiger partial charge on any atom is -0.494 e. The fourth-order valence-corrected chi connectivity index (χ4v) is 1.64. The van der Waals surface area contributed by atoms with Gasteiger partial charge in [0.05, 0.1) is 6.61 Å². The van der Waals surface area contributed by atoms with Gasteiger partial charge in [-0.1, -0.05) is 43.7 Å². The van der Waals surface area contributed by atoms with Crippen LogP contribution in [0.2, 0.25) is 0 Å². The molecule has 99 valence electrons. The van der Waals surface area contributed by atoms with Crippen LogP contribution in [0.25, 0.3) is 0 Å². The summed E-state index contributed by atoms with van der Waals surface area (Å²) in [4.78, 5) is 0. The summed E-state index contributed by atoms with van der Waals surface area (Å²) in [7, 11) is 0. The van der Waals surface area contributed by atoms with Gasteiger partial charge in [-0.3, -0.25) is 0 Å². The van der Waals surface area contributed by atoms with E-state index in [2.05, 4.69) is 13.0 Å². The van der Waals surface area contributed by atoms with Crippen molar-refractivity contribution in [1.82, 2.24) is 0 Å². The van der Waals surface area contributed by atoms with Gasteiger partial charge in [0.1, 0.15) is 18.1 Å². The lowest BCUT2D eigenvalue weighted by Gasteiger charge is -2.08. The van der Waals surface area contributed by atoms with Crippen molar-refractivity contribution in [2.45, 2.75) is 26.4 Å². The lowest BCUT2D eigenvalue weighted by atomic mass is 10.2. The number of rotatable bonds is 7. The van der Waals surface area contributed by atoms with Gasteiger partial charge in [0.25, 0.3) is 0 Å². The van der Waals surface area contributed by atoms with Crippen LogP contribution in [0, 0.1) is 6.07 Å². The van der Waals surface area contributed by atoms with Crippen LogP contribution >= 0.6 is 0 Å². The van der Waals surface area contributed by atoms with E-state index in [1.165, 1.54) is 0 Å². The third-order valence-corrected chi connectivity index (χ3v) is 2.76. The minimum atomic E-state index is 0.551. The lowest BCUT2D eigenvalue weighted by molar-refractivity contribution is 0.302. The second-order valence-corrected chi connectivity index (χ2v) is 4.36. The molecular weight excluding hydrogens is 236 g/mol. The maximum Gasteiger partial charge on any atom is 0.127 e. The smallest absolute Gasteiger partial charge is 0.127 e. The van der Waals surface area contributed by atoms with Crippen molar-refractivity contribution in [2.24, 2.45) is 0 Å². The first-order chi connectivity index (χ1) is 9.38. The molecule has 1 radical (unpaired) electrons. The Kier molecular flexibility index (Phi) is 5.30. The third-order valence-electron chi connectivity index (χ3n) is 2.76. The van der Waals surface area contributed by atoms with Gasteiger partial charge in [-0.25, -0.2) is 0 Å². The number of benzene rings is 2. The van der Waals surface area contributed by atoms with Gasteiger partial charge in [0.15, 0.2) is 0 Å². The highest BCUT2D eigenvalue weighted by Gasteiger charge is 1.97. The SMILES string of the molecule is CCCCOc1ccc(COc2[c]cccc2)cc1. The lowest BCUT2D eigenvalue weighted by Crippen LogP contribution is -1.98. The Morgan fingerprint density at radius 3 is 2.53 bits per heavy atom. The maximum absolute atomic E-state index is 5.63. The Labute approximate surface area is 115 Å². The van der Waals surface area contributed by atoms with Crippen molar-refractivity contribution in [2.75, 3.05) is 6.61 Å². The summed E-state index contributed by atoms with van der Waals surface area (Å²) in [5.74, 6) is 1.69. The van der Waals surface area contributed by atoms with Crippen LogP contribution in [0.15, 0.2) is 48.5 Å². The molecule has 2 aromatic rings. The highest BCUT2D eigenvalue weighted by atomic mass is 16.5. The maximum atomic E-state index is 5.63. The van der Waals surface area contributed by atoms with Crippen LogP contribution in [-0.4, -0.2) is 6.61 Å². The van der Waals surface area contributed by atoms with E-state index in [1.807, 2.05) is 48.5 Å². The highest BCUT2D eigenvalue weighted by Crippen LogP contribution is 2.15. The topological polar surface area (TPSA) is 18.5 Å². The highest BCUT2D eigenvalue weighted by molar-refractivity contribution is 5.27. The van der Waals surface area contributed by atoms with Gasteiger partial charge in [-0.15, -0.1) is 0 Å². The minimum absolute atomic E-state index is 0.551. The van der Waals surface area contributed by atoms with Crippen LogP contribution in [0.4, 0.5) is 0 Å². The number of para-hydroxylation sites is 1. The monoisotopic (exact) mass is 255 g/mol. The first kappa shape index (κ1) is 13.5. The van der Waals surface area contributed by atoms with E-state index in [4.69, 9.17) is 9.47 Å². The molecule has 0 unspecified atom stereocenters. The molecule has 0 saturated carbocycles. The predicted octanol–water partition coefficient (Wildman–Crippen LogP) is 4.24. The molecule has 0 spiro atoms. The Hall–Kier alpha value is -1.96. The van der Waals surface area contributed by atoms with Crippen molar-refractivity contribution in [1.29, 1.82) is 0 Å². The molecule has 2 heteroatoms. The summed E-state index contributed by atoms with van der Waals surface area (Å²) in [5, 5.41) is 0. The summed E-state index contributed by atoms with van der Waals surface area (Å²) in [6, 6.07) is 18.7. The van der Waals surface area contributed by atoms with Crippen LogP contribution in [0.5, 0.6) is 11.5 Å². The molecule has 0 aliphatic heterocycles. The summed E-state index contributed by atoms with van der Waals surface area (Å²) >= 11 is 0. The summed E-state index contributed by atoms with van der Waals surface area (Å²) in [6.45, 7) is 3.49. The molecule has 2 nitrogen and oxygen atoms in total. The summed E-state index contributed by atoms with van der Waals surface area (Å²) in [5.41, 5.74) is 1.13. The zero-order valence-corrected chi connectivity index (χ0v) is 11.3. The van der Waals surface area contributed by atoms with Crippen molar-refractivity contribution >= 4 is 0 Å². The van der Waals surface area contributed by atoms with E-state index < -0.39 is 0 Å². The van der Waals surface area contributed by atoms with Crippen molar-refractivity contribution in [3.8, 4) is 11.5 Å². The van der Waals surface area contributed by atoms with Gasteiger partial charge in [-0.05, 0) is 30.2 Å². The molecule has 0 amide bonds. The van der Waals surface area contributed by atoms with Gasteiger partial charge >= 0.3 is 0 Å². The number of hydrogen-bond acceptors (Lipinski definition) is 2. The second-order valence-electron chi connectivity index (χ2n) is 4.36. The average Bonchev–Trinajstić information content (AvgIpc) is 2.48. The van der Waals surface area contributed by atoms with Crippen molar-refractivity contribution in [3.05, 3.63) is 60.2 Å². The second kappa shape index (κ2) is 7.47. The van der Waals surface area contributed by atoms with Crippen LogP contribution in [-0.2, 0) is 6.61 Å². The van der Waals surface area contributed by atoms with E-state index in [9.17, 15) is 0 Å². The van der Waals surface area contributed by atoms with Crippen molar-refractivity contribution < 1.29 is 9.47 Å². The van der Waals surface area contributed by atoms with Gasteiger partial charge < -0.3 is 9.47 Å². The molecule has 0 bridgehead atoms. The molecule has 0 fully saturated rings. The Morgan fingerprint density at radius 1 is 1.00 bits per heavy atom. The number of ether oxygens (including phenoxy) is 2. The van der Waals surface area contributed by atoms with E-state index in [0.29, 0.717) is 6.61 Å². The van der Waals surface area contributed by atoms with E-state index in [-0.39, 0.29) is 0 Å². The number of hydrogen-bond donors (Lipinski definition) is 0. The molecule has 0 atom stereocenters. The molecule has 0 N–H and O–H groups in total. The molecule has 0 aliphatic carbocycles. The standard InChI is InChI=1S/C17H19O2/c1-2-3-13-18-17-11-9-15(10-12-17)14-19-16-7-5-4-6-8-16/h4-7,9-12H,2-3,13-14H2,1H3. The molecule has 19 heavy (non-hydrogen) atoms. The fourth-order valence-electron chi connectivity index (χ4n) is 1.64. The molecular formula is C17H19O2. The Morgan fingerprint density at radius 2 is 1.84 bits per heavy atom.